The van der Waals surface area contributed by atoms with E-state index in [0.717, 1.165) is 24.8 Å². The van der Waals surface area contributed by atoms with Crippen molar-refractivity contribution in [1.82, 2.24) is 5.32 Å². The Morgan fingerprint density at radius 3 is 2.25 bits per heavy atom. The Morgan fingerprint density at radius 2 is 1.65 bits per heavy atom. The van der Waals surface area contributed by atoms with Gasteiger partial charge in [0.1, 0.15) is 5.75 Å². The minimum absolute atomic E-state index is 0.0209. The number of aromatic hydroxyl groups is 1. The summed E-state index contributed by atoms with van der Waals surface area (Å²) in [4.78, 5) is 12.4. The lowest BCUT2D eigenvalue weighted by molar-refractivity contribution is 0.0820. The van der Waals surface area contributed by atoms with Gasteiger partial charge >= 0.3 is 0 Å². The van der Waals surface area contributed by atoms with Gasteiger partial charge in [-0.3, -0.25) is 4.79 Å². The molecule has 1 aliphatic carbocycles. The predicted octanol–water partition coefficient (Wildman–Crippen LogP) is 3.20. The van der Waals surface area contributed by atoms with Crippen molar-refractivity contribution < 1.29 is 9.90 Å². The lowest BCUT2D eigenvalue weighted by atomic mass is 9.71. The number of amides is 1. The number of hydrogen-bond donors (Lipinski definition) is 2. The van der Waals surface area contributed by atoms with Crippen molar-refractivity contribution in [2.45, 2.75) is 24.8 Å². The van der Waals surface area contributed by atoms with Crippen molar-refractivity contribution in [2.24, 2.45) is 0 Å². The molecule has 0 saturated heterocycles. The molecule has 0 bridgehead atoms. The van der Waals surface area contributed by atoms with E-state index in [1.165, 1.54) is 6.07 Å². The fourth-order valence-corrected chi connectivity index (χ4v) is 2.72. The number of carbonyl (C=O) groups is 1. The van der Waals surface area contributed by atoms with Crippen molar-refractivity contribution in [2.75, 3.05) is 0 Å². The average Bonchev–Trinajstić information content (AvgIpc) is 2.44. The standard InChI is InChI=1S/C17H17NO2/c19-15-10-5-4-9-14(15)16(20)18-17(11-6-12-17)13-7-2-1-3-8-13/h1-5,7-10,19H,6,11-12H2,(H,18,20). The van der Waals surface area contributed by atoms with E-state index in [2.05, 4.69) is 5.32 Å². The minimum atomic E-state index is -0.277. The number of para-hydroxylation sites is 1. The average molecular weight is 267 g/mol. The first-order chi connectivity index (χ1) is 9.71. The van der Waals surface area contributed by atoms with Crippen LogP contribution in [-0.4, -0.2) is 11.0 Å². The molecule has 0 atom stereocenters. The summed E-state index contributed by atoms with van der Waals surface area (Å²) in [6.07, 6.45) is 2.99. The number of hydrogen-bond acceptors (Lipinski definition) is 2. The normalized spacial score (nSPS) is 16.2. The van der Waals surface area contributed by atoms with Gasteiger partial charge in [-0.2, -0.15) is 0 Å². The summed E-state index contributed by atoms with van der Waals surface area (Å²) in [5, 5.41) is 12.9. The van der Waals surface area contributed by atoms with E-state index in [9.17, 15) is 9.90 Å². The largest absolute Gasteiger partial charge is 0.507 e. The second-order valence-corrected chi connectivity index (χ2v) is 5.27. The van der Waals surface area contributed by atoms with Crippen LogP contribution in [0.15, 0.2) is 54.6 Å². The zero-order valence-corrected chi connectivity index (χ0v) is 11.2. The molecule has 0 unspecified atom stereocenters. The van der Waals surface area contributed by atoms with E-state index in [0.29, 0.717) is 5.56 Å². The predicted molar refractivity (Wildman–Crippen MR) is 77.5 cm³/mol. The van der Waals surface area contributed by atoms with Crippen molar-refractivity contribution >= 4 is 5.91 Å². The number of benzene rings is 2. The second-order valence-electron chi connectivity index (χ2n) is 5.27. The van der Waals surface area contributed by atoms with Gasteiger partial charge in [0.25, 0.3) is 5.91 Å². The number of carbonyl (C=O) groups excluding carboxylic acids is 1. The Labute approximate surface area is 118 Å². The SMILES string of the molecule is O=C(NC1(c2ccccc2)CCC1)c1ccccc1O. The second kappa shape index (κ2) is 5.00. The van der Waals surface area contributed by atoms with E-state index in [4.69, 9.17) is 0 Å². The maximum atomic E-state index is 12.4. The Kier molecular flexibility index (Phi) is 3.18. The van der Waals surface area contributed by atoms with Crippen molar-refractivity contribution in [3.63, 3.8) is 0 Å². The highest BCUT2D eigenvalue weighted by atomic mass is 16.3. The molecule has 0 spiro atoms. The van der Waals surface area contributed by atoms with Gasteiger partial charge in [0.05, 0.1) is 11.1 Å². The van der Waals surface area contributed by atoms with Crippen LogP contribution in [0.25, 0.3) is 0 Å². The van der Waals surface area contributed by atoms with Crippen LogP contribution >= 0.6 is 0 Å². The summed E-state index contributed by atoms with van der Waals surface area (Å²) in [5.74, 6) is -0.195. The molecule has 0 aromatic heterocycles. The molecule has 3 heteroatoms. The molecule has 20 heavy (non-hydrogen) atoms. The summed E-state index contributed by atoms with van der Waals surface area (Å²) in [5.41, 5.74) is 1.19. The van der Waals surface area contributed by atoms with Crippen LogP contribution < -0.4 is 5.32 Å². The number of phenols is 1. The van der Waals surface area contributed by atoms with Crippen LogP contribution in [0.1, 0.15) is 35.2 Å². The molecule has 102 valence electrons. The maximum absolute atomic E-state index is 12.4. The molecule has 3 nitrogen and oxygen atoms in total. The summed E-state index contributed by atoms with van der Waals surface area (Å²) in [6.45, 7) is 0. The van der Waals surface area contributed by atoms with Gasteiger partial charge < -0.3 is 10.4 Å². The summed E-state index contributed by atoms with van der Waals surface area (Å²) < 4.78 is 0. The lowest BCUT2D eigenvalue weighted by Crippen LogP contribution is -2.50. The molecule has 3 rings (SSSR count). The van der Waals surface area contributed by atoms with E-state index in [1.807, 2.05) is 30.3 Å². The molecule has 2 aromatic carbocycles. The molecule has 1 amide bonds. The highest BCUT2D eigenvalue weighted by molar-refractivity contribution is 5.97. The van der Waals surface area contributed by atoms with Crippen molar-refractivity contribution in [3.8, 4) is 5.75 Å². The zero-order valence-electron chi connectivity index (χ0n) is 11.2. The Bertz CT molecular complexity index is 618. The third-order valence-corrected chi connectivity index (χ3v) is 4.03. The fourth-order valence-electron chi connectivity index (χ4n) is 2.72. The Morgan fingerprint density at radius 1 is 1.00 bits per heavy atom. The summed E-state index contributed by atoms with van der Waals surface area (Å²) in [6, 6.07) is 16.7. The molecule has 2 aromatic rings. The lowest BCUT2D eigenvalue weighted by Gasteiger charge is -2.43. The summed E-state index contributed by atoms with van der Waals surface area (Å²) >= 11 is 0. The van der Waals surface area contributed by atoms with Gasteiger partial charge in [-0.1, -0.05) is 42.5 Å². The molecular formula is C17H17NO2. The van der Waals surface area contributed by atoms with Gasteiger partial charge in [-0.05, 0) is 37.0 Å². The Balaban J connectivity index is 1.86. The minimum Gasteiger partial charge on any atom is -0.507 e. The highest BCUT2D eigenvalue weighted by Crippen LogP contribution is 2.41. The van der Waals surface area contributed by atoms with Gasteiger partial charge in [0, 0.05) is 0 Å². The van der Waals surface area contributed by atoms with Gasteiger partial charge in [-0.15, -0.1) is 0 Å². The van der Waals surface area contributed by atoms with Gasteiger partial charge in [-0.25, -0.2) is 0 Å². The first-order valence-electron chi connectivity index (χ1n) is 6.87. The van der Waals surface area contributed by atoms with Crippen LogP contribution in [0.3, 0.4) is 0 Å². The third-order valence-electron chi connectivity index (χ3n) is 4.03. The monoisotopic (exact) mass is 267 g/mol. The smallest absolute Gasteiger partial charge is 0.255 e. The van der Waals surface area contributed by atoms with Gasteiger partial charge in [0.15, 0.2) is 0 Å². The van der Waals surface area contributed by atoms with Gasteiger partial charge in [0.2, 0.25) is 0 Å². The van der Waals surface area contributed by atoms with Crippen molar-refractivity contribution in [3.05, 3.63) is 65.7 Å². The van der Waals surface area contributed by atoms with E-state index >= 15 is 0 Å². The fraction of sp³-hybridized carbons (Fsp3) is 0.235. The molecule has 0 aliphatic heterocycles. The zero-order chi connectivity index (χ0) is 14.0. The van der Waals surface area contributed by atoms with Crippen LogP contribution in [0.5, 0.6) is 5.75 Å². The van der Waals surface area contributed by atoms with Crippen LogP contribution in [0.2, 0.25) is 0 Å². The third kappa shape index (κ3) is 2.16. The number of nitrogens with one attached hydrogen (secondary N) is 1. The molecule has 1 aliphatic rings. The molecule has 1 saturated carbocycles. The first kappa shape index (κ1) is 12.7. The summed E-state index contributed by atoms with van der Waals surface area (Å²) in [7, 11) is 0. The van der Waals surface area contributed by atoms with E-state index in [-0.39, 0.29) is 17.2 Å². The molecule has 0 radical (unpaired) electrons. The van der Waals surface area contributed by atoms with Crippen molar-refractivity contribution in [1.29, 1.82) is 0 Å². The van der Waals surface area contributed by atoms with E-state index < -0.39 is 0 Å². The quantitative estimate of drug-likeness (QED) is 0.897. The van der Waals surface area contributed by atoms with Crippen LogP contribution in [0.4, 0.5) is 0 Å². The molecular weight excluding hydrogens is 250 g/mol. The topological polar surface area (TPSA) is 49.3 Å². The maximum Gasteiger partial charge on any atom is 0.255 e. The van der Waals surface area contributed by atoms with E-state index in [1.54, 1.807) is 18.2 Å². The highest BCUT2D eigenvalue weighted by Gasteiger charge is 2.40. The van der Waals surface area contributed by atoms with Crippen LogP contribution in [-0.2, 0) is 5.54 Å². The Hall–Kier alpha value is -2.29. The molecule has 2 N–H and O–H groups in total. The number of rotatable bonds is 3. The number of phenolic OH excluding ortho intramolecular Hbond substituents is 1. The first-order valence-corrected chi connectivity index (χ1v) is 6.87. The van der Waals surface area contributed by atoms with Crippen LogP contribution in [0, 0.1) is 0 Å². The molecule has 1 fully saturated rings. The molecule has 0 heterocycles.